The molecule has 0 radical (unpaired) electrons. The van der Waals surface area contributed by atoms with Crippen molar-refractivity contribution in [1.29, 1.82) is 0 Å². The van der Waals surface area contributed by atoms with Gasteiger partial charge in [0.1, 0.15) is 5.82 Å². The molecule has 112 valence electrons. The molecule has 1 aliphatic rings. The van der Waals surface area contributed by atoms with Gasteiger partial charge in [-0.25, -0.2) is 4.98 Å². The van der Waals surface area contributed by atoms with Gasteiger partial charge in [-0.3, -0.25) is 0 Å². The number of rotatable bonds is 4. The first-order valence-electron chi connectivity index (χ1n) is 7.44. The average molecular weight is 293 g/mol. The topological polar surface area (TPSA) is 44.1 Å². The van der Waals surface area contributed by atoms with E-state index in [2.05, 4.69) is 31.1 Å². The largest absolute Gasteiger partial charge is 0.373 e. The Kier molecular flexibility index (Phi) is 4.77. The van der Waals surface area contributed by atoms with Gasteiger partial charge in [0.15, 0.2) is 0 Å². The van der Waals surface area contributed by atoms with E-state index in [9.17, 15) is 0 Å². The zero-order valence-electron chi connectivity index (χ0n) is 12.4. The minimum Gasteiger partial charge on any atom is -0.373 e. The summed E-state index contributed by atoms with van der Waals surface area (Å²) in [6.45, 7) is 3.87. The van der Waals surface area contributed by atoms with Crippen molar-refractivity contribution in [3.05, 3.63) is 67.1 Å². The van der Waals surface area contributed by atoms with Crippen molar-refractivity contribution < 1.29 is 0 Å². The molecule has 1 saturated heterocycles. The van der Waals surface area contributed by atoms with E-state index in [0.717, 1.165) is 37.7 Å². The number of nitrogens with zero attached hydrogens (tertiary/aromatic N) is 5. The number of azo groups is 1. The molecule has 1 aromatic carbocycles. The van der Waals surface area contributed by atoms with E-state index in [1.807, 2.05) is 54.9 Å². The van der Waals surface area contributed by atoms with E-state index in [1.54, 1.807) is 6.20 Å². The highest BCUT2D eigenvalue weighted by molar-refractivity contribution is 5.38. The maximum atomic E-state index is 4.39. The minimum absolute atomic E-state index is 0.868. The van der Waals surface area contributed by atoms with Gasteiger partial charge in [0.25, 0.3) is 0 Å². The van der Waals surface area contributed by atoms with Gasteiger partial charge >= 0.3 is 0 Å². The fraction of sp³-hybridized carbons (Fsp3) is 0.235. The third kappa shape index (κ3) is 3.91. The van der Waals surface area contributed by atoms with Crippen LogP contribution in [0.2, 0.25) is 0 Å². The highest BCUT2D eigenvalue weighted by Crippen LogP contribution is 2.13. The molecular weight excluding hydrogens is 274 g/mol. The van der Waals surface area contributed by atoms with Crippen LogP contribution in [-0.4, -0.2) is 36.1 Å². The number of hydrogen-bond donors (Lipinski definition) is 0. The molecule has 1 fully saturated rings. The Hall–Kier alpha value is -2.69. The lowest BCUT2D eigenvalue weighted by molar-refractivity contribution is 0.347. The van der Waals surface area contributed by atoms with Crippen LogP contribution in [0.5, 0.6) is 0 Å². The quantitative estimate of drug-likeness (QED) is 0.811. The Morgan fingerprint density at radius 3 is 2.41 bits per heavy atom. The summed E-state index contributed by atoms with van der Waals surface area (Å²) in [6, 6.07) is 15.8. The van der Waals surface area contributed by atoms with E-state index in [-0.39, 0.29) is 0 Å². The Morgan fingerprint density at radius 2 is 1.68 bits per heavy atom. The zero-order valence-corrected chi connectivity index (χ0v) is 12.4. The van der Waals surface area contributed by atoms with Crippen LogP contribution in [0.25, 0.3) is 0 Å². The molecule has 5 nitrogen and oxygen atoms in total. The molecule has 1 aromatic heterocycles. The monoisotopic (exact) mass is 293 g/mol. The van der Waals surface area contributed by atoms with Crippen LogP contribution >= 0.6 is 0 Å². The van der Waals surface area contributed by atoms with E-state index >= 15 is 0 Å². The number of aromatic nitrogens is 1. The maximum Gasteiger partial charge on any atom is 0.128 e. The minimum atomic E-state index is 0.868. The van der Waals surface area contributed by atoms with Crippen LogP contribution in [-0.2, 0) is 0 Å². The van der Waals surface area contributed by atoms with Crippen LogP contribution in [0.4, 0.5) is 11.5 Å². The molecule has 0 N–H and O–H groups in total. The molecule has 0 atom stereocenters. The molecule has 1 aliphatic heterocycles. The number of anilines is 1. The van der Waals surface area contributed by atoms with Crippen LogP contribution < -0.4 is 4.90 Å². The Morgan fingerprint density at radius 1 is 0.909 bits per heavy atom. The Bertz CT molecular complexity index is 616. The van der Waals surface area contributed by atoms with Crippen molar-refractivity contribution in [1.82, 2.24) is 9.88 Å². The molecule has 3 rings (SSSR count). The molecule has 0 spiro atoms. The van der Waals surface area contributed by atoms with Crippen LogP contribution in [0.1, 0.15) is 0 Å². The lowest BCUT2D eigenvalue weighted by atomic mass is 10.3. The van der Waals surface area contributed by atoms with Crippen molar-refractivity contribution in [2.45, 2.75) is 0 Å². The highest BCUT2D eigenvalue weighted by Gasteiger charge is 2.14. The first-order chi connectivity index (χ1) is 10.9. The number of benzene rings is 1. The number of piperazine rings is 1. The van der Waals surface area contributed by atoms with Crippen molar-refractivity contribution in [2.75, 3.05) is 31.1 Å². The predicted octanol–water partition coefficient (Wildman–Crippen LogP) is 3.46. The summed E-state index contributed by atoms with van der Waals surface area (Å²) in [5.41, 5.74) is 0.868. The molecule has 5 heteroatoms. The van der Waals surface area contributed by atoms with E-state index in [1.165, 1.54) is 0 Å². The van der Waals surface area contributed by atoms with E-state index < -0.39 is 0 Å². The number of pyridine rings is 1. The van der Waals surface area contributed by atoms with Gasteiger partial charge < -0.3 is 9.80 Å². The van der Waals surface area contributed by atoms with Crippen LogP contribution in [0.15, 0.2) is 77.4 Å². The maximum absolute atomic E-state index is 4.39. The lowest BCUT2D eigenvalue weighted by Crippen LogP contribution is -2.44. The molecule has 0 bridgehead atoms. The van der Waals surface area contributed by atoms with Crippen molar-refractivity contribution in [2.24, 2.45) is 10.2 Å². The van der Waals surface area contributed by atoms with Crippen molar-refractivity contribution >= 4 is 11.5 Å². The molecule has 2 heterocycles. The molecular formula is C17H19N5. The standard InChI is InChI=1S/C17H19N5/c1-2-6-16(7-3-1)20-19-10-11-21-12-14-22(15-13-21)17-8-4-5-9-18-17/h1-11H,12-15H2/b11-10+,20-19?. The van der Waals surface area contributed by atoms with Crippen LogP contribution in [0, 0.1) is 0 Å². The molecule has 0 amide bonds. The van der Waals surface area contributed by atoms with Crippen molar-refractivity contribution in [3.8, 4) is 0 Å². The Balaban J connectivity index is 1.48. The molecule has 2 aromatic rings. The lowest BCUT2D eigenvalue weighted by Gasteiger charge is -2.34. The highest BCUT2D eigenvalue weighted by atomic mass is 15.3. The zero-order chi connectivity index (χ0) is 15.0. The molecule has 0 saturated carbocycles. The fourth-order valence-electron chi connectivity index (χ4n) is 2.36. The third-order valence-corrected chi connectivity index (χ3v) is 3.56. The summed E-state index contributed by atoms with van der Waals surface area (Å²) in [5, 5.41) is 8.23. The third-order valence-electron chi connectivity index (χ3n) is 3.56. The van der Waals surface area contributed by atoms with Gasteiger partial charge in [-0.2, -0.15) is 10.2 Å². The first kappa shape index (κ1) is 14.3. The van der Waals surface area contributed by atoms with E-state index in [0.29, 0.717) is 0 Å². The van der Waals surface area contributed by atoms with E-state index in [4.69, 9.17) is 0 Å². The second-order valence-electron chi connectivity index (χ2n) is 5.06. The summed E-state index contributed by atoms with van der Waals surface area (Å²) in [4.78, 5) is 8.95. The summed E-state index contributed by atoms with van der Waals surface area (Å²) in [5.74, 6) is 1.05. The van der Waals surface area contributed by atoms with Gasteiger partial charge in [-0.05, 0) is 24.3 Å². The predicted molar refractivity (Wildman–Crippen MR) is 88.1 cm³/mol. The number of hydrogen-bond acceptors (Lipinski definition) is 5. The van der Waals surface area contributed by atoms with Gasteiger partial charge in [0, 0.05) is 38.6 Å². The summed E-state index contributed by atoms with van der Waals surface area (Å²) < 4.78 is 0. The first-order valence-corrected chi connectivity index (χ1v) is 7.44. The molecule has 0 unspecified atom stereocenters. The van der Waals surface area contributed by atoms with Gasteiger partial charge in [-0.15, -0.1) is 0 Å². The van der Waals surface area contributed by atoms with Gasteiger partial charge in [0.05, 0.1) is 11.9 Å². The summed E-state index contributed by atoms with van der Waals surface area (Å²) in [6.07, 6.45) is 5.59. The molecule has 22 heavy (non-hydrogen) atoms. The summed E-state index contributed by atoms with van der Waals surface area (Å²) >= 11 is 0. The second kappa shape index (κ2) is 7.36. The van der Waals surface area contributed by atoms with Gasteiger partial charge in [0.2, 0.25) is 0 Å². The average Bonchev–Trinajstić information content (AvgIpc) is 2.61. The molecule has 0 aliphatic carbocycles. The Labute approximate surface area is 130 Å². The summed E-state index contributed by atoms with van der Waals surface area (Å²) in [7, 11) is 0. The van der Waals surface area contributed by atoms with Crippen LogP contribution in [0.3, 0.4) is 0 Å². The SMILES string of the molecule is C(=C\N1CCN(c2ccccn2)CC1)/N=Nc1ccccc1. The normalized spacial score (nSPS) is 15.8. The second-order valence-corrected chi connectivity index (χ2v) is 5.06. The fourth-order valence-corrected chi connectivity index (χ4v) is 2.36. The smallest absolute Gasteiger partial charge is 0.128 e. The van der Waals surface area contributed by atoms with Crippen molar-refractivity contribution in [3.63, 3.8) is 0 Å². The van der Waals surface area contributed by atoms with Gasteiger partial charge in [-0.1, -0.05) is 24.3 Å².